The molecule has 0 aliphatic carbocycles. The van der Waals surface area contributed by atoms with Crippen LogP contribution in [0.4, 0.5) is 10.1 Å². The minimum Gasteiger partial charge on any atom is -0.355 e. The summed E-state index contributed by atoms with van der Waals surface area (Å²) in [5.74, 6) is -1.47. The first-order chi connectivity index (χ1) is 17.1. The third-order valence-electron chi connectivity index (χ3n) is 5.68. The van der Waals surface area contributed by atoms with Crippen molar-refractivity contribution in [1.82, 2.24) is 10.2 Å². The molecule has 0 spiro atoms. The van der Waals surface area contributed by atoms with Crippen molar-refractivity contribution in [3.05, 3.63) is 95.8 Å². The van der Waals surface area contributed by atoms with Gasteiger partial charge in [0.2, 0.25) is 11.8 Å². The number of sulfonamides is 1. The molecular formula is C27H30FN3O4S. The van der Waals surface area contributed by atoms with E-state index in [-0.39, 0.29) is 23.0 Å². The summed E-state index contributed by atoms with van der Waals surface area (Å²) >= 11 is 0. The highest BCUT2D eigenvalue weighted by molar-refractivity contribution is 7.92. The van der Waals surface area contributed by atoms with Crippen molar-refractivity contribution in [3.63, 3.8) is 0 Å². The van der Waals surface area contributed by atoms with E-state index >= 15 is 0 Å². The summed E-state index contributed by atoms with van der Waals surface area (Å²) in [7, 11) is -4.22. The molecule has 1 N–H and O–H groups in total. The lowest BCUT2D eigenvalue weighted by Crippen LogP contribution is -2.51. The zero-order valence-electron chi connectivity index (χ0n) is 20.5. The van der Waals surface area contributed by atoms with Crippen molar-refractivity contribution in [2.45, 2.75) is 38.3 Å². The number of hydrogen-bond donors (Lipinski definition) is 1. The summed E-state index contributed by atoms with van der Waals surface area (Å²) in [6.07, 6.45) is 0. The first kappa shape index (κ1) is 26.9. The molecule has 36 heavy (non-hydrogen) atoms. The molecule has 3 aromatic carbocycles. The standard InChI is InChI=1S/C27H30FN3O4S/c1-4-29-27(33)21(3)30(18-22-10-8-9-20(2)17-22)26(32)19-31(24-11-6-5-7-12-24)36(34,35)25-15-13-23(28)14-16-25/h5-17,21H,4,18-19H2,1-3H3,(H,29,33). The first-order valence-corrected chi connectivity index (χ1v) is 13.0. The summed E-state index contributed by atoms with van der Waals surface area (Å²) in [5, 5.41) is 2.72. The average Bonchev–Trinajstić information content (AvgIpc) is 2.86. The van der Waals surface area contributed by atoms with Crippen LogP contribution in [0, 0.1) is 12.7 Å². The maximum absolute atomic E-state index is 13.7. The van der Waals surface area contributed by atoms with Crippen LogP contribution >= 0.6 is 0 Å². The van der Waals surface area contributed by atoms with Crippen LogP contribution in [-0.2, 0) is 26.2 Å². The molecule has 0 saturated heterocycles. The van der Waals surface area contributed by atoms with Crippen molar-refractivity contribution in [2.24, 2.45) is 0 Å². The van der Waals surface area contributed by atoms with Gasteiger partial charge < -0.3 is 10.2 Å². The maximum Gasteiger partial charge on any atom is 0.264 e. The van der Waals surface area contributed by atoms with E-state index in [0.717, 1.165) is 39.7 Å². The van der Waals surface area contributed by atoms with Gasteiger partial charge in [0.25, 0.3) is 10.0 Å². The van der Waals surface area contributed by atoms with E-state index in [1.807, 2.05) is 31.2 Å². The second kappa shape index (κ2) is 11.8. The van der Waals surface area contributed by atoms with Crippen LogP contribution < -0.4 is 9.62 Å². The Labute approximate surface area is 211 Å². The van der Waals surface area contributed by atoms with Crippen molar-refractivity contribution >= 4 is 27.5 Å². The number of para-hydroxylation sites is 1. The fraction of sp³-hybridized carbons (Fsp3) is 0.259. The largest absolute Gasteiger partial charge is 0.355 e. The number of nitrogens with one attached hydrogen (secondary N) is 1. The van der Waals surface area contributed by atoms with Crippen LogP contribution in [0.5, 0.6) is 0 Å². The Morgan fingerprint density at radius 1 is 0.972 bits per heavy atom. The number of amides is 2. The lowest BCUT2D eigenvalue weighted by molar-refractivity contribution is -0.139. The summed E-state index contributed by atoms with van der Waals surface area (Å²) < 4.78 is 41.6. The van der Waals surface area contributed by atoms with E-state index in [1.54, 1.807) is 44.2 Å². The van der Waals surface area contributed by atoms with Gasteiger partial charge in [0.05, 0.1) is 10.6 Å². The molecule has 0 aliphatic rings. The molecule has 0 fully saturated rings. The van der Waals surface area contributed by atoms with Gasteiger partial charge in [-0.15, -0.1) is 0 Å². The number of carbonyl (C=O) groups is 2. The molecule has 7 nitrogen and oxygen atoms in total. The number of carbonyl (C=O) groups excluding carboxylic acids is 2. The fourth-order valence-electron chi connectivity index (χ4n) is 3.77. The highest BCUT2D eigenvalue weighted by atomic mass is 32.2. The van der Waals surface area contributed by atoms with Crippen LogP contribution in [0.2, 0.25) is 0 Å². The Kier molecular flexibility index (Phi) is 8.82. The van der Waals surface area contributed by atoms with Crippen molar-refractivity contribution in [1.29, 1.82) is 0 Å². The van der Waals surface area contributed by atoms with E-state index in [9.17, 15) is 22.4 Å². The van der Waals surface area contributed by atoms with Gasteiger partial charge in [-0.3, -0.25) is 13.9 Å². The Hall–Kier alpha value is -3.72. The Bertz CT molecular complexity index is 1300. The van der Waals surface area contributed by atoms with Gasteiger partial charge in [0, 0.05) is 13.1 Å². The molecule has 0 heterocycles. The van der Waals surface area contributed by atoms with Crippen LogP contribution in [0.3, 0.4) is 0 Å². The Balaban J connectivity index is 2.00. The summed E-state index contributed by atoms with van der Waals surface area (Å²) in [6.45, 7) is 5.29. The van der Waals surface area contributed by atoms with Gasteiger partial charge in [0.1, 0.15) is 18.4 Å². The third kappa shape index (κ3) is 6.48. The van der Waals surface area contributed by atoms with Gasteiger partial charge in [-0.25, -0.2) is 12.8 Å². The molecule has 0 radical (unpaired) electrons. The molecule has 1 atom stereocenters. The molecule has 190 valence electrons. The van der Waals surface area contributed by atoms with Gasteiger partial charge in [-0.2, -0.15) is 0 Å². The number of nitrogens with zero attached hydrogens (tertiary/aromatic N) is 2. The first-order valence-electron chi connectivity index (χ1n) is 11.6. The van der Waals surface area contributed by atoms with Gasteiger partial charge in [0.15, 0.2) is 0 Å². The molecule has 0 saturated carbocycles. The second-order valence-electron chi connectivity index (χ2n) is 8.38. The molecule has 1 unspecified atom stereocenters. The van der Waals surface area contributed by atoms with E-state index in [0.29, 0.717) is 6.54 Å². The summed E-state index contributed by atoms with van der Waals surface area (Å²) in [4.78, 5) is 27.6. The zero-order chi connectivity index (χ0) is 26.3. The zero-order valence-corrected chi connectivity index (χ0v) is 21.3. The Morgan fingerprint density at radius 3 is 2.25 bits per heavy atom. The minimum absolute atomic E-state index is 0.123. The predicted octanol–water partition coefficient (Wildman–Crippen LogP) is 3.88. The average molecular weight is 512 g/mol. The number of likely N-dealkylation sites (N-methyl/N-ethyl adjacent to an activating group) is 1. The van der Waals surface area contributed by atoms with Crippen molar-refractivity contribution < 1.29 is 22.4 Å². The van der Waals surface area contributed by atoms with E-state index in [2.05, 4.69) is 5.32 Å². The number of hydrogen-bond acceptors (Lipinski definition) is 4. The smallest absolute Gasteiger partial charge is 0.264 e. The second-order valence-corrected chi connectivity index (χ2v) is 10.2. The number of aryl methyl sites for hydroxylation is 1. The van der Waals surface area contributed by atoms with E-state index in [1.165, 1.54) is 4.90 Å². The molecule has 2 amide bonds. The molecule has 3 rings (SSSR count). The lowest BCUT2D eigenvalue weighted by atomic mass is 10.1. The third-order valence-corrected chi connectivity index (χ3v) is 7.47. The van der Waals surface area contributed by atoms with E-state index in [4.69, 9.17) is 0 Å². The molecule has 9 heteroatoms. The monoisotopic (exact) mass is 511 g/mol. The fourth-order valence-corrected chi connectivity index (χ4v) is 5.18. The van der Waals surface area contributed by atoms with Crippen LogP contribution in [0.1, 0.15) is 25.0 Å². The number of anilines is 1. The van der Waals surface area contributed by atoms with Crippen molar-refractivity contribution in [2.75, 3.05) is 17.4 Å². The molecule has 0 aliphatic heterocycles. The number of rotatable bonds is 10. The van der Waals surface area contributed by atoms with E-state index < -0.39 is 34.3 Å². The van der Waals surface area contributed by atoms with Gasteiger partial charge in [-0.1, -0.05) is 48.0 Å². The predicted molar refractivity (Wildman–Crippen MR) is 137 cm³/mol. The SMILES string of the molecule is CCNC(=O)C(C)N(Cc1cccc(C)c1)C(=O)CN(c1ccccc1)S(=O)(=O)c1ccc(F)cc1. The molecule has 0 bridgehead atoms. The lowest BCUT2D eigenvalue weighted by Gasteiger charge is -2.32. The topological polar surface area (TPSA) is 86.8 Å². The maximum atomic E-state index is 13.7. The van der Waals surface area contributed by atoms with Gasteiger partial charge >= 0.3 is 0 Å². The minimum atomic E-state index is -4.22. The Morgan fingerprint density at radius 2 is 1.64 bits per heavy atom. The van der Waals surface area contributed by atoms with Crippen molar-refractivity contribution in [3.8, 4) is 0 Å². The van der Waals surface area contributed by atoms with Crippen LogP contribution in [-0.4, -0.2) is 44.3 Å². The molecular weight excluding hydrogens is 481 g/mol. The highest BCUT2D eigenvalue weighted by Crippen LogP contribution is 2.24. The normalized spacial score (nSPS) is 12.0. The number of benzene rings is 3. The molecule has 0 aromatic heterocycles. The molecule has 3 aromatic rings. The highest BCUT2D eigenvalue weighted by Gasteiger charge is 2.32. The van der Waals surface area contributed by atoms with Crippen LogP contribution in [0.15, 0.2) is 83.8 Å². The van der Waals surface area contributed by atoms with Gasteiger partial charge in [-0.05, 0) is 62.7 Å². The quantitative estimate of drug-likeness (QED) is 0.448. The summed E-state index contributed by atoms with van der Waals surface area (Å²) in [6, 6.07) is 19.3. The van der Waals surface area contributed by atoms with Crippen LogP contribution in [0.25, 0.3) is 0 Å². The number of halogens is 1. The summed E-state index contributed by atoms with van der Waals surface area (Å²) in [5.41, 5.74) is 2.08.